The Labute approximate surface area is 368 Å². The molecule has 0 amide bonds. The number of aromatic nitrogens is 3. The molecule has 0 aliphatic heterocycles. The molecule has 0 radical (unpaired) electrons. The van der Waals surface area contributed by atoms with E-state index in [4.69, 9.17) is 0 Å². The van der Waals surface area contributed by atoms with Crippen LogP contribution in [-0.2, 0) is 5.41 Å². The second-order valence-electron chi connectivity index (χ2n) is 17.6. The van der Waals surface area contributed by atoms with Gasteiger partial charge in [0.05, 0.1) is 38.5 Å². The highest BCUT2D eigenvalue weighted by Crippen LogP contribution is 2.64. The Morgan fingerprint density at radius 1 is 0.219 bits per heavy atom. The summed E-state index contributed by atoms with van der Waals surface area (Å²) in [5.74, 6) is 0. The minimum atomic E-state index is -0.539. The fraction of sp³-hybridized carbons (Fsp3) is 0.0164. The van der Waals surface area contributed by atoms with Gasteiger partial charge in [0.25, 0.3) is 0 Å². The van der Waals surface area contributed by atoms with Gasteiger partial charge in [0.2, 0.25) is 0 Å². The molecule has 0 saturated carbocycles. The molecule has 296 valence electrons. The van der Waals surface area contributed by atoms with Crippen LogP contribution in [0.1, 0.15) is 22.3 Å². The maximum absolute atomic E-state index is 2.56. The number of benzene rings is 10. The molecular weight excluding hydrogens is 775 g/mol. The Morgan fingerprint density at radius 3 is 1.09 bits per heavy atom. The van der Waals surface area contributed by atoms with Gasteiger partial charge in [-0.2, -0.15) is 0 Å². The highest BCUT2D eigenvalue weighted by molar-refractivity contribution is 6.16. The van der Waals surface area contributed by atoms with Crippen molar-refractivity contribution in [3.05, 3.63) is 247 Å². The van der Waals surface area contributed by atoms with Gasteiger partial charge >= 0.3 is 0 Å². The van der Waals surface area contributed by atoms with E-state index in [1.165, 1.54) is 116 Å². The van der Waals surface area contributed by atoms with Crippen LogP contribution in [0.25, 0.3) is 105 Å². The molecule has 15 rings (SSSR count). The molecule has 3 heterocycles. The second-order valence-corrected chi connectivity index (χ2v) is 17.6. The predicted octanol–water partition coefficient (Wildman–Crippen LogP) is 15.3. The molecule has 3 aromatic heterocycles. The maximum Gasteiger partial charge on any atom is 0.0727 e. The topological polar surface area (TPSA) is 14.8 Å². The molecule has 64 heavy (non-hydrogen) atoms. The molecule has 0 fully saturated rings. The molecule has 1 spiro atoms. The van der Waals surface area contributed by atoms with E-state index in [-0.39, 0.29) is 0 Å². The summed E-state index contributed by atoms with van der Waals surface area (Å²) in [7, 11) is 0. The summed E-state index contributed by atoms with van der Waals surface area (Å²) in [5.41, 5.74) is 20.7. The molecule has 3 heteroatoms. The lowest BCUT2D eigenvalue weighted by Crippen LogP contribution is -2.26. The Morgan fingerprint density at radius 2 is 0.594 bits per heavy atom. The smallest absolute Gasteiger partial charge is 0.0727 e. The van der Waals surface area contributed by atoms with Gasteiger partial charge in [0.15, 0.2) is 0 Å². The molecule has 1 atom stereocenters. The van der Waals surface area contributed by atoms with Crippen LogP contribution in [0.3, 0.4) is 0 Å². The maximum atomic E-state index is 2.56. The van der Waals surface area contributed by atoms with Crippen LogP contribution in [0, 0.1) is 0 Å². The van der Waals surface area contributed by atoms with Gasteiger partial charge in [-0.25, -0.2) is 0 Å². The van der Waals surface area contributed by atoms with E-state index < -0.39 is 5.41 Å². The van der Waals surface area contributed by atoms with Crippen molar-refractivity contribution in [2.24, 2.45) is 0 Å². The quantitative estimate of drug-likeness (QED) is 0.169. The molecule has 2 aliphatic rings. The second kappa shape index (κ2) is 12.4. The van der Waals surface area contributed by atoms with Gasteiger partial charge < -0.3 is 13.7 Å². The van der Waals surface area contributed by atoms with Crippen molar-refractivity contribution >= 4 is 65.4 Å². The van der Waals surface area contributed by atoms with Crippen LogP contribution in [0.15, 0.2) is 224 Å². The van der Waals surface area contributed by atoms with Gasteiger partial charge in [-0.15, -0.1) is 0 Å². The molecule has 0 bridgehead atoms. The third kappa shape index (κ3) is 4.21. The third-order valence-electron chi connectivity index (χ3n) is 14.6. The number of hydrogen-bond donors (Lipinski definition) is 0. The largest absolute Gasteiger partial charge is 0.309 e. The zero-order valence-electron chi connectivity index (χ0n) is 34.7. The van der Waals surface area contributed by atoms with Crippen LogP contribution in [0.4, 0.5) is 0 Å². The van der Waals surface area contributed by atoms with Crippen molar-refractivity contribution in [1.29, 1.82) is 0 Å². The summed E-state index contributed by atoms with van der Waals surface area (Å²) in [6.45, 7) is 0. The number of para-hydroxylation sites is 5. The molecular formula is C61H37N3. The first-order valence-electron chi connectivity index (χ1n) is 22.3. The molecule has 1 unspecified atom stereocenters. The lowest BCUT2D eigenvalue weighted by Gasteiger charge is -2.30. The van der Waals surface area contributed by atoms with E-state index in [2.05, 4.69) is 238 Å². The molecule has 0 N–H and O–H groups in total. The van der Waals surface area contributed by atoms with Crippen LogP contribution in [0.5, 0.6) is 0 Å². The van der Waals surface area contributed by atoms with E-state index in [1.807, 2.05) is 0 Å². The Kier molecular flexibility index (Phi) is 6.61. The van der Waals surface area contributed by atoms with E-state index in [0.717, 1.165) is 11.4 Å². The monoisotopic (exact) mass is 811 g/mol. The minimum Gasteiger partial charge on any atom is -0.309 e. The summed E-state index contributed by atoms with van der Waals surface area (Å²) in [5, 5.41) is 7.56. The third-order valence-corrected chi connectivity index (χ3v) is 14.6. The fourth-order valence-corrected chi connectivity index (χ4v) is 12.1. The lowest BCUT2D eigenvalue weighted by atomic mass is 9.70. The summed E-state index contributed by atoms with van der Waals surface area (Å²) >= 11 is 0. The van der Waals surface area contributed by atoms with E-state index in [0.29, 0.717) is 0 Å². The van der Waals surface area contributed by atoms with E-state index >= 15 is 0 Å². The average Bonchev–Trinajstić information content (AvgIpc) is 4.12. The van der Waals surface area contributed by atoms with Gasteiger partial charge in [0.1, 0.15) is 0 Å². The van der Waals surface area contributed by atoms with Crippen LogP contribution >= 0.6 is 0 Å². The molecule has 10 aromatic carbocycles. The first kappa shape index (κ1) is 34.2. The Hall–Kier alpha value is -8.40. The van der Waals surface area contributed by atoms with E-state index in [9.17, 15) is 0 Å². The van der Waals surface area contributed by atoms with E-state index in [1.54, 1.807) is 0 Å². The summed E-state index contributed by atoms with van der Waals surface area (Å²) < 4.78 is 7.41. The van der Waals surface area contributed by atoms with Crippen LogP contribution in [-0.4, -0.2) is 13.7 Å². The average molecular weight is 812 g/mol. The van der Waals surface area contributed by atoms with Crippen LogP contribution in [0.2, 0.25) is 0 Å². The standard InChI is InChI=1S/C61H37N3/c1-3-17-38(18-4-1)62-55-28-14-9-23-43(55)46-32-31-40(33-58(46)62)64-57-30-16-11-25-45(57)50-35-48-42-22-8-13-27-52(42)61(54(48)37-60(50)64)51-26-12-7-21-41(51)47-34-49-44-24-10-15-29-56(44)63(59(49)36-53(47)61)39-19-5-2-6-20-39/h1-37H. The molecule has 2 aliphatic carbocycles. The predicted molar refractivity (Wildman–Crippen MR) is 266 cm³/mol. The van der Waals surface area contributed by atoms with Crippen molar-refractivity contribution in [1.82, 2.24) is 13.7 Å². The normalized spacial score (nSPS) is 14.9. The van der Waals surface area contributed by atoms with Crippen molar-refractivity contribution < 1.29 is 0 Å². The Bertz CT molecular complexity index is 4110. The number of hydrogen-bond acceptors (Lipinski definition) is 0. The molecule has 13 aromatic rings. The first-order valence-corrected chi connectivity index (χ1v) is 22.3. The van der Waals surface area contributed by atoms with Crippen molar-refractivity contribution in [2.75, 3.05) is 0 Å². The van der Waals surface area contributed by atoms with Crippen molar-refractivity contribution in [2.45, 2.75) is 5.41 Å². The fourth-order valence-electron chi connectivity index (χ4n) is 12.1. The first-order chi connectivity index (χ1) is 31.8. The zero-order chi connectivity index (χ0) is 41.7. The number of rotatable bonds is 3. The summed E-state index contributed by atoms with van der Waals surface area (Å²) in [4.78, 5) is 0. The SMILES string of the molecule is c1ccc(-n2c3ccccc3c3ccc(-n4c5ccccc5c5cc6c(cc54)C4(c5ccccc5-c5cc7c8ccccc8n(-c8ccccc8)c7cc54)c4ccccc4-6)cc32)cc1. The summed E-state index contributed by atoms with van der Waals surface area (Å²) in [6, 6.07) is 83.9. The summed E-state index contributed by atoms with van der Waals surface area (Å²) in [6.07, 6.45) is 0. The van der Waals surface area contributed by atoms with Gasteiger partial charge in [-0.05, 0) is 123 Å². The van der Waals surface area contributed by atoms with Crippen molar-refractivity contribution in [3.8, 4) is 39.3 Å². The van der Waals surface area contributed by atoms with Gasteiger partial charge in [-0.1, -0.05) is 146 Å². The zero-order valence-corrected chi connectivity index (χ0v) is 34.7. The molecule has 3 nitrogen and oxygen atoms in total. The minimum absolute atomic E-state index is 0.539. The highest BCUT2D eigenvalue weighted by atomic mass is 15.0. The number of fused-ring (bicyclic) bond motifs is 19. The highest BCUT2D eigenvalue weighted by Gasteiger charge is 2.52. The lowest BCUT2D eigenvalue weighted by molar-refractivity contribution is 0.795. The van der Waals surface area contributed by atoms with Crippen LogP contribution < -0.4 is 0 Å². The van der Waals surface area contributed by atoms with Crippen molar-refractivity contribution in [3.63, 3.8) is 0 Å². The van der Waals surface area contributed by atoms with Gasteiger partial charge in [-0.3, -0.25) is 0 Å². The van der Waals surface area contributed by atoms with Gasteiger partial charge in [0, 0.05) is 49.4 Å². The Balaban J connectivity index is 1.06. The molecule has 0 saturated heterocycles. The number of nitrogens with zero attached hydrogens (tertiary/aromatic N) is 3.